The van der Waals surface area contributed by atoms with E-state index in [9.17, 15) is 13.2 Å². The van der Waals surface area contributed by atoms with Crippen LogP contribution in [-0.4, -0.2) is 27.1 Å². The van der Waals surface area contributed by atoms with Crippen LogP contribution in [0.5, 0.6) is 0 Å². The predicted octanol–water partition coefficient (Wildman–Crippen LogP) is -0.353. The molecule has 1 atom stereocenters. The molecule has 0 aliphatic rings. The van der Waals surface area contributed by atoms with Crippen molar-refractivity contribution >= 4 is 17.0 Å². The van der Waals surface area contributed by atoms with E-state index in [0.717, 1.165) is 0 Å². The van der Waals surface area contributed by atoms with E-state index >= 15 is 0 Å². The molecule has 0 saturated carbocycles. The number of hydrogen-bond acceptors (Lipinski definition) is 5. The van der Waals surface area contributed by atoms with E-state index in [1.165, 1.54) is 13.0 Å². The third-order valence-corrected chi connectivity index (χ3v) is 1.41. The minimum absolute atomic E-state index is 0.0438. The van der Waals surface area contributed by atoms with Crippen LogP contribution in [0.3, 0.4) is 0 Å². The van der Waals surface area contributed by atoms with Crippen molar-refractivity contribution in [2.45, 2.75) is 13.0 Å². The lowest BCUT2D eigenvalue weighted by molar-refractivity contribution is -0.149. The molecule has 0 heterocycles. The van der Waals surface area contributed by atoms with Gasteiger partial charge in [0.05, 0.1) is 0 Å². The molecule has 0 N–H and O–H groups in total. The summed E-state index contributed by atoms with van der Waals surface area (Å²) >= 11 is 0. The summed E-state index contributed by atoms with van der Waals surface area (Å²) in [6.45, 7) is 4.65. The van der Waals surface area contributed by atoms with Gasteiger partial charge in [-0.3, -0.25) is 4.18 Å². The molecule has 0 aliphatic heterocycles. The normalized spacial score (nSPS) is 12.5. The fraction of sp³-hybridized carbons (Fsp3) is 0.500. The van der Waals surface area contributed by atoms with Crippen LogP contribution in [0, 0.1) is 0 Å². The lowest BCUT2D eigenvalue weighted by atomic mass is 10.4. The van der Waals surface area contributed by atoms with Crippen LogP contribution in [0.2, 0.25) is 0 Å². The topological polar surface area (TPSA) is 69.7 Å². The number of hydrogen-bond donors (Lipinski definition) is 1. The summed E-state index contributed by atoms with van der Waals surface area (Å²) in [4.78, 5) is 10.8. The summed E-state index contributed by atoms with van der Waals surface area (Å²) in [6.07, 6.45) is 0.285. The second-order valence-corrected chi connectivity index (χ2v) is 2.55. The first-order valence-electron chi connectivity index (χ1n) is 3.16. The second kappa shape index (κ2) is 5.73. The molecule has 0 fully saturated rings. The molecule has 0 aromatic carbocycles. The van der Waals surface area contributed by atoms with Crippen molar-refractivity contribution < 1.29 is 22.1 Å². The molecule has 0 spiro atoms. The summed E-state index contributed by atoms with van der Waals surface area (Å²) in [5.74, 6) is -0.728. The maximum absolute atomic E-state index is 10.8. The van der Waals surface area contributed by atoms with Gasteiger partial charge in [0.25, 0.3) is 11.0 Å². The van der Waals surface area contributed by atoms with Crippen LogP contribution >= 0.6 is 0 Å². The molecule has 0 aromatic rings. The number of rotatable bonds is 5. The fourth-order valence-electron chi connectivity index (χ4n) is 0.431. The van der Waals surface area contributed by atoms with Crippen molar-refractivity contribution in [2.75, 3.05) is 6.61 Å². The highest BCUT2D eigenvalue weighted by Gasteiger charge is 2.15. The third kappa shape index (κ3) is 4.86. The maximum Gasteiger partial charge on any atom is 0.336 e. The molecule has 0 bridgehead atoms. The molecular formula is C6H10O5S. The van der Waals surface area contributed by atoms with Crippen molar-refractivity contribution in [1.82, 2.24) is 0 Å². The van der Waals surface area contributed by atoms with E-state index in [-0.39, 0.29) is 6.61 Å². The molecule has 0 aromatic heterocycles. The Hall–Kier alpha value is -0.880. The standard InChI is InChI=1S/C6H10O5S/c1-3-4-10-6(7)5(2)11-12(8)9/h3,5,12H,1,4H2,2H3. The smallest absolute Gasteiger partial charge is 0.336 e. The van der Waals surface area contributed by atoms with E-state index < -0.39 is 23.1 Å². The molecule has 70 valence electrons. The van der Waals surface area contributed by atoms with E-state index in [1.54, 1.807) is 0 Å². The summed E-state index contributed by atoms with van der Waals surface area (Å²) in [6, 6.07) is 0. The highest BCUT2D eigenvalue weighted by Crippen LogP contribution is 1.94. The molecule has 0 rings (SSSR count). The number of thiol groups is 1. The Morgan fingerprint density at radius 1 is 1.67 bits per heavy atom. The van der Waals surface area contributed by atoms with E-state index in [2.05, 4.69) is 15.5 Å². The van der Waals surface area contributed by atoms with Gasteiger partial charge in [-0.25, -0.2) is 13.2 Å². The summed E-state index contributed by atoms with van der Waals surface area (Å²) in [5, 5.41) is 0. The molecule has 0 radical (unpaired) electrons. The van der Waals surface area contributed by atoms with Gasteiger partial charge in [-0.15, -0.1) is 0 Å². The van der Waals surface area contributed by atoms with Gasteiger partial charge in [0.15, 0.2) is 6.10 Å². The number of esters is 1. The fourth-order valence-corrected chi connectivity index (χ4v) is 0.775. The van der Waals surface area contributed by atoms with E-state index in [0.29, 0.717) is 0 Å². The average molecular weight is 194 g/mol. The second-order valence-electron chi connectivity index (χ2n) is 1.89. The highest BCUT2D eigenvalue weighted by molar-refractivity contribution is 7.67. The zero-order valence-electron chi connectivity index (χ0n) is 6.56. The number of ether oxygens (including phenoxy) is 1. The molecule has 0 amide bonds. The Morgan fingerprint density at radius 2 is 2.25 bits per heavy atom. The van der Waals surface area contributed by atoms with Gasteiger partial charge >= 0.3 is 5.97 Å². The monoisotopic (exact) mass is 194 g/mol. The molecule has 0 aliphatic carbocycles. The lowest BCUT2D eigenvalue weighted by Gasteiger charge is -2.05. The zero-order valence-corrected chi connectivity index (χ0v) is 7.45. The molecule has 1 unspecified atom stereocenters. The number of carbonyl (C=O) groups excluding carboxylic acids is 1. The van der Waals surface area contributed by atoms with Crippen LogP contribution in [0.4, 0.5) is 0 Å². The summed E-state index contributed by atoms with van der Waals surface area (Å²) in [5.41, 5.74) is 0. The SMILES string of the molecule is C=CCOC(=O)C(C)O[SH](=O)=O. The summed E-state index contributed by atoms with van der Waals surface area (Å²) in [7, 11) is -3.01. The van der Waals surface area contributed by atoms with Crippen molar-refractivity contribution in [3.8, 4) is 0 Å². The minimum atomic E-state index is -3.01. The largest absolute Gasteiger partial charge is 0.460 e. The highest BCUT2D eigenvalue weighted by atomic mass is 32.2. The molecule has 12 heavy (non-hydrogen) atoms. The van der Waals surface area contributed by atoms with Crippen LogP contribution in [0.1, 0.15) is 6.92 Å². The maximum atomic E-state index is 10.8. The minimum Gasteiger partial charge on any atom is -0.460 e. The van der Waals surface area contributed by atoms with Crippen molar-refractivity contribution in [1.29, 1.82) is 0 Å². The van der Waals surface area contributed by atoms with Gasteiger partial charge in [0.2, 0.25) is 0 Å². The molecular weight excluding hydrogens is 184 g/mol. The zero-order chi connectivity index (χ0) is 9.56. The van der Waals surface area contributed by atoms with Gasteiger partial charge < -0.3 is 4.74 Å². The van der Waals surface area contributed by atoms with Crippen LogP contribution in [0.25, 0.3) is 0 Å². The van der Waals surface area contributed by atoms with Crippen LogP contribution in [0.15, 0.2) is 12.7 Å². The Kier molecular flexibility index (Phi) is 5.31. The van der Waals surface area contributed by atoms with Gasteiger partial charge in [-0.1, -0.05) is 12.7 Å². The number of carbonyl (C=O) groups is 1. The van der Waals surface area contributed by atoms with Gasteiger partial charge in [-0.2, -0.15) is 0 Å². The third-order valence-electron chi connectivity index (χ3n) is 0.920. The van der Waals surface area contributed by atoms with Crippen molar-refractivity contribution in [3.05, 3.63) is 12.7 Å². The first-order valence-corrected chi connectivity index (χ1v) is 4.26. The van der Waals surface area contributed by atoms with Gasteiger partial charge in [-0.05, 0) is 6.92 Å². The first kappa shape index (κ1) is 11.1. The van der Waals surface area contributed by atoms with Gasteiger partial charge in [0.1, 0.15) is 6.61 Å². The summed E-state index contributed by atoms with van der Waals surface area (Å²) < 4.78 is 28.6. The van der Waals surface area contributed by atoms with Crippen molar-refractivity contribution in [2.24, 2.45) is 0 Å². The van der Waals surface area contributed by atoms with Crippen LogP contribution in [-0.2, 0) is 24.7 Å². The Balaban J connectivity index is 3.83. The Morgan fingerprint density at radius 3 is 2.67 bits per heavy atom. The predicted molar refractivity (Wildman–Crippen MR) is 42.0 cm³/mol. The van der Waals surface area contributed by atoms with E-state index in [4.69, 9.17) is 0 Å². The van der Waals surface area contributed by atoms with Crippen LogP contribution < -0.4 is 0 Å². The molecule has 5 nitrogen and oxygen atoms in total. The van der Waals surface area contributed by atoms with Gasteiger partial charge in [0, 0.05) is 0 Å². The Bertz CT molecular complexity index is 224. The van der Waals surface area contributed by atoms with E-state index in [1.807, 2.05) is 0 Å². The first-order chi connectivity index (χ1) is 5.57. The Labute approximate surface area is 72.1 Å². The quantitative estimate of drug-likeness (QED) is 0.368. The lowest BCUT2D eigenvalue weighted by Crippen LogP contribution is -2.22. The molecule has 0 saturated heterocycles. The molecule has 6 heteroatoms. The van der Waals surface area contributed by atoms with Crippen molar-refractivity contribution in [3.63, 3.8) is 0 Å². The average Bonchev–Trinajstić information content (AvgIpc) is 1.98.